The first-order valence-electron chi connectivity index (χ1n) is 12.4. The fraction of sp³-hybridized carbons (Fsp3) is 0.231. The number of carbonyl (C=O) groups is 4. The molecule has 3 aromatic heterocycles. The molecule has 1 aromatic carbocycles. The van der Waals surface area contributed by atoms with Crippen LogP contribution in [0.3, 0.4) is 0 Å². The number of nitrogens with one attached hydrogen (secondary N) is 1. The van der Waals surface area contributed by atoms with E-state index in [4.69, 9.17) is 10.6 Å². The van der Waals surface area contributed by atoms with Crippen molar-refractivity contribution in [1.29, 1.82) is 0 Å². The topological polar surface area (TPSA) is 175 Å². The Kier molecular flexibility index (Phi) is 5.94. The van der Waals surface area contributed by atoms with E-state index in [1.165, 1.54) is 23.7 Å². The van der Waals surface area contributed by atoms with Crippen LogP contribution in [-0.4, -0.2) is 53.5 Å². The van der Waals surface area contributed by atoms with E-state index < -0.39 is 47.2 Å². The molecule has 1 unspecified atom stereocenters. The van der Waals surface area contributed by atoms with Gasteiger partial charge in [-0.25, -0.2) is 33.2 Å². The molecule has 41 heavy (non-hydrogen) atoms. The highest BCUT2D eigenvalue weighted by molar-refractivity contribution is 6.09. The van der Waals surface area contributed by atoms with E-state index >= 15 is 0 Å². The molecule has 15 heteroatoms. The number of rotatable bonds is 6. The molecule has 13 nitrogen and oxygen atoms in total. The predicted octanol–water partition coefficient (Wildman–Crippen LogP) is 2.00. The van der Waals surface area contributed by atoms with Gasteiger partial charge in [-0.05, 0) is 19.1 Å². The van der Waals surface area contributed by atoms with Gasteiger partial charge in [-0.2, -0.15) is 5.10 Å². The molecule has 5 heterocycles. The molecule has 2 aliphatic rings. The summed E-state index contributed by atoms with van der Waals surface area (Å²) < 4.78 is 30.0. The van der Waals surface area contributed by atoms with Gasteiger partial charge in [0.25, 0.3) is 11.8 Å². The molecule has 0 saturated carbocycles. The van der Waals surface area contributed by atoms with Crippen LogP contribution in [0.1, 0.15) is 37.3 Å². The molecule has 3 amide bonds. The van der Waals surface area contributed by atoms with E-state index in [0.717, 1.165) is 6.20 Å². The summed E-state index contributed by atoms with van der Waals surface area (Å²) in [6.07, 6.45) is 0.254. The van der Waals surface area contributed by atoms with E-state index in [1.54, 1.807) is 18.2 Å². The maximum atomic E-state index is 14.4. The van der Waals surface area contributed by atoms with Crippen LogP contribution in [0.5, 0.6) is 0 Å². The second kappa shape index (κ2) is 9.39. The number of hydrogen-bond acceptors (Lipinski definition) is 10. The van der Waals surface area contributed by atoms with E-state index in [-0.39, 0.29) is 59.1 Å². The van der Waals surface area contributed by atoms with Crippen molar-refractivity contribution in [2.75, 3.05) is 11.1 Å². The highest BCUT2D eigenvalue weighted by Gasteiger charge is 2.49. The number of pyridine rings is 1. The number of nitrogens with zero attached hydrogens (tertiary/aromatic N) is 6. The Hall–Kier alpha value is -5.34. The lowest BCUT2D eigenvalue weighted by molar-refractivity contribution is -0.198. The molecule has 1 saturated heterocycles. The number of halogens is 2. The quantitative estimate of drug-likeness (QED) is 0.331. The monoisotopic (exact) mass is 562 g/mol. The van der Waals surface area contributed by atoms with Crippen LogP contribution in [0.2, 0.25) is 0 Å². The Balaban J connectivity index is 1.37. The van der Waals surface area contributed by atoms with Gasteiger partial charge in [-0.3, -0.25) is 14.4 Å². The molecule has 4 aromatic rings. The third-order valence-corrected chi connectivity index (χ3v) is 6.96. The second-order valence-corrected chi connectivity index (χ2v) is 9.79. The third kappa shape index (κ3) is 4.31. The van der Waals surface area contributed by atoms with Crippen molar-refractivity contribution in [1.82, 2.24) is 29.8 Å². The second-order valence-electron chi connectivity index (χ2n) is 9.79. The first-order chi connectivity index (χ1) is 19.5. The molecule has 208 valence electrons. The summed E-state index contributed by atoms with van der Waals surface area (Å²) in [4.78, 5) is 67.1. The van der Waals surface area contributed by atoms with Crippen molar-refractivity contribution in [3.63, 3.8) is 0 Å². The Labute approximate surface area is 229 Å². The van der Waals surface area contributed by atoms with Crippen LogP contribution in [0.4, 0.5) is 20.4 Å². The number of anilines is 2. The first kappa shape index (κ1) is 25.9. The van der Waals surface area contributed by atoms with Crippen LogP contribution in [0.15, 0.2) is 36.5 Å². The van der Waals surface area contributed by atoms with Crippen LogP contribution in [0.25, 0.3) is 22.6 Å². The number of hydroxylamine groups is 2. The van der Waals surface area contributed by atoms with Gasteiger partial charge < -0.3 is 15.9 Å². The lowest BCUT2D eigenvalue weighted by Gasteiger charge is -2.22. The van der Waals surface area contributed by atoms with Gasteiger partial charge >= 0.3 is 5.97 Å². The lowest BCUT2D eigenvalue weighted by Crippen LogP contribution is -2.38. The predicted molar refractivity (Wildman–Crippen MR) is 136 cm³/mol. The smallest absolute Gasteiger partial charge is 0.334 e. The molecule has 0 radical (unpaired) electrons. The number of nitrogen functional groups attached to an aromatic ring is 1. The Morgan fingerprint density at radius 3 is 2.61 bits per heavy atom. The van der Waals surface area contributed by atoms with Crippen LogP contribution < -0.4 is 11.1 Å². The molecule has 3 N–H and O–H groups in total. The van der Waals surface area contributed by atoms with E-state index in [2.05, 4.69) is 25.4 Å². The van der Waals surface area contributed by atoms with E-state index in [9.17, 15) is 28.0 Å². The van der Waals surface area contributed by atoms with Gasteiger partial charge in [0.2, 0.25) is 5.91 Å². The van der Waals surface area contributed by atoms with Gasteiger partial charge in [0, 0.05) is 18.4 Å². The molecular weight excluding hydrogens is 542 g/mol. The standard InChI is InChI=1S/C26H20F2N8O5/c1-26(9-18(39)41-36-16(37)6-7-17(36)38)19-21(29)31-23(32-22(19)33-25(26)40)20-14-8-13(27)10-30-24(14)35(34-20)11-12-4-2-3-5-15(12)28/h2-5,8,10H,6-7,9,11H2,1H3,(H3,29,31,32,33,40). The number of amides is 3. The number of carbonyl (C=O) groups excluding carboxylic acids is 4. The normalized spacial score (nSPS) is 18.2. The number of hydrogen-bond donors (Lipinski definition) is 2. The van der Waals surface area contributed by atoms with Crippen molar-refractivity contribution in [2.24, 2.45) is 0 Å². The zero-order valence-electron chi connectivity index (χ0n) is 21.4. The molecule has 0 spiro atoms. The van der Waals surface area contributed by atoms with E-state index in [0.29, 0.717) is 10.6 Å². The summed E-state index contributed by atoms with van der Waals surface area (Å²) in [5, 5.41) is 7.64. The van der Waals surface area contributed by atoms with Gasteiger partial charge in [-0.1, -0.05) is 18.2 Å². The van der Waals surface area contributed by atoms with Crippen molar-refractivity contribution in [3.05, 3.63) is 59.3 Å². The van der Waals surface area contributed by atoms with Crippen molar-refractivity contribution in [2.45, 2.75) is 38.1 Å². The van der Waals surface area contributed by atoms with Gasteiger partial charge in [-0.15, -0.1) is 5.06 Å². The Bertz CT molecular complexity index is 1790. The fourth-order valence-electron chi connectivity index (χ4n) is 4.92. The lowest BCUT2D eigenvalue weighted by atomic mass is 9.81. The minimum Gasteiger partial charge on any atom is -0.383 e. The highest BCUT2D eigenvalue weighted by atomic mass is 19.1. The summed E-state index contributed by atoms with van der Waals surface area (Å²) in [7, 11) is 0. The van der Waals surface area contributed by atoms with Crippen LogP contribution >= 0.6 is 0 Å². The maximum absolute atomic E-state index is 14.4. The maximum Gasteiger partial charge on any atom is 0.334 e. The molecule has 0 aliphatic carbocycles. The summed E-state index contributed by atoms with van der Waals surface area (Å²) in [5.41, 5.74) is 5.39. The number of nitrogens with two attached hydrogens (primary N) is 1. The molecule has 2 aliphatic heterocycles. The van der Waals surface area contributed by atoms with E-state index in [1.807, 2.05) is 0 Å². The number of fused-ring (bicyclic) bond motifs is 2. The average Bonchev–Trinajstić information content (AvgIpc) is 3.52. The molecule has 1 atom stereocenters. The number of benzene rings is 1. The molecule has 6 rings (SSSR count). The Morgan fingerprint density at radius 2 is 1.88 bits per heavy atom. The summed E-state index contributed by atoms with van der Waals surface area (Å²) in [5.74, 6) is -4.37. The SMILES string of the molecule is CC1(CC(=O)ON2C(=O)CCC2=O)C(=O)Nc2nc(-c3nn(Cc4ccccc4F)c4ncc(F)cc34)nc(N)c21. The zero-order valence-corrected chi connectivity index (χ0v) is 21.4. The van der Waals surface area contributed by atoms with Gasteiger partial charge in [0.1, 0.15) is 29.0 Å². The minimum absolute atomic E-state index is 0.0118. The van der Waals surface area contributed by atoms with Gasteiger partial charge in [0.15, 0.2) is 11.5 Å². The molecular formula is C26H20F2N8O5. The molecule has 0 bridgehead atoms. The number of aromatic nitrogens is 5. The Morgan fingerprint density at radius 1 is 1.15 bits per heavy atom. The molecule has 1 fully saturated rings. The van der Waals surface area contributed by atoms with Crippen molar-refractivity contribution >= 4 is 46.4 Å². The third-order valence-electron chi connectivity index (χ3n) is 6.96. The fourth-order valence-corrected chi connectivity index (χ4v) is 4.92. The summed E-state index contributed by atoms with van der Waals surface area (Å²) in [6.45, 7) is 1.39. The zero-order chi connectivity index (χ0) is 29.1. The van der Waals surface area contributed by atoms with Crippen LogP contribution in [0, 0.1) is 11.6 Å². The average molecular weight is 562 g/mol. The van der Waals surface area contributed by atoms with Crippen molar-refractivity contribution < 1.29 is 32.8 Å². The minimum atomic E-state index is -1.60. The first-order valence-corrected chi connectivity index (χ1v) is 12.4. The largest absolute Gasteiger partial charge is 0.383 e. The van der Waals surface area contributed by atoms with Crippen LogP contribution in [-0.2, 0) is 36.0 Å². The summed E-state index contributed by atoms with van der Waals surface area (Å²) >= 11 is 0. The number of imide groups is 1. The summed E-state index contributed by atoms with van der Waals surface area (Å²) in [6, 6.07) is 7.27. The highest BCUT2D eigenvalue weighted by Crippen LogP contribution is 2.43. The van der Waals surface area contributed by atoms with Gasteiger partial charge in [0.05, 0.1) is 35.5 Å². The van der Waals surface area contributed by atoms with Crippen molar-refractivity contribution in [3.8, 4) is 11.5 Å².